The Bertz CT molecular complexity index is 869. The maximum Gasteiger partial charge on any atom is 0.475 e. The van der Waals surface area contributed by atoms with Gasteiger partial charge in [-0.05, 0) is 24.1 Å². The number of rotatable bonds is 7. The SMILES string of the molecule is C=CC(=O)N1CCOCC1COC(=O)NC(Cc1coc2ccccc12)B(O)O. The van der Waals surface area contributed by atoms with E-state index in [1.807, 2.05) is 18.2 Å². The van der Waals surface area contributed by atoms with Crippen LogP contribution in [0.4, 0.5) is 4.79 Å². The van der Waals surface area contributed by atoms with Gasteiger partial charge in [0.2, 0.25) is 5.91 Å². The van der Waals surface area contributed by atoms with Crippen LogP contribution in [0.2, 0.25) is 0 Å². The first-order chi connectivity index (χ1) is 14.0. The molecule has 1 aliphatic heterocycles. The van der Waals surface area contributed by atoms with Gasteiger partial charge < -0.3 is 34.2 Å². The van der Waals surface area contributed by atoms with Crippen molar-refractivity contribution >= 4 is 30.1 Å². The van der Waals surface area contributed by atoms with Crippen LogP contribution in [0.3, 0.4) is 0 Å². The van der Waals surface area contributed by atoms with Gasteiger partial charge in [0.05, 0.1) is 31.5 Å². The topological polar surface area (TPSA) is 121 Å². The highest BCUT2D eigenvalue weighted by molar-refractivity contribution is 6.43. The van der Waals surface area contributed by atoms with Gasteiger partial charge >= 0.3 is 13.2 Å². The highest BCUT2D eigenvalue weighted by atomic mass is 16.6. The van der Waals surface area contributed by atoms with Crippen molar-refractivity contribution in [3.8, 4) is 0 Å². The van der Waals surface area contributed by atoms with E-state index in [9.17, 15) is 19.6 Å². The van der Waals surface area contributed by atoms with E-state index in [1.54, 1.807) is 6.07 Å². The first kappa shape index (κ1) is 20.9. The summed E-state index contributed by atoms with van der Waals surface area (Å²) in [5.74, 6) is -1.27. The van der Waals surface area contributed by atoms with Gasteiger partial charge in [0, 0.05) is 11.9 Å². The van der Waals surface area contributed by atoms with Crippen molar-refractivity contribution in [2.75, 3.05) is 26.4 Å². The highest BCUT2D eigenvalue weighted by Gasteiger charge is 2.30. The van der Waals surface area contributed by atoms with E-state index in [4.69, 9.17) is 13.9 Å². The summed E-state index contributed by atoms with van der Waals surface area (Å²) in [7, 11) is -1.80. The molecule has 3 rings (SSSR count). The fourth-order valence-corrected chi connectivity index (χ4v) is 3.22. The number of amides is 2. The van der Waals surface area contributed by atoms with E-state index in [-0.39, 0.29) is 25.5 Å². The number of benzene rings is 1. The molecular weight excluding hydrogens is 379 g/mol. The first-order valence-corrected chi connectivity index (χ1v) is 9.25. The standard InChI is InChI=1S/C19H23BN2O7/c1-2-18(23)22-7-8-27-11-14(22)12-29-19(24)21-17(20(25)26)9-13-10-28-16-6-4-3-5-15(13)16/h2-6,10,14,17,25-26H,1,7-9,11-12H2,(H,21,24). The normalized spacial score (nSPS) is 17.6. The number of carbonyl (C=O) groups is 2. The zero-order valence-corrected chi connectivity index (χ0v) is 15.8. The van der Waals surface area contributed by atoms with Crippen LogP contribution in [-0.4, -0.2) is 72.4 Å². The molecule has 3 N–H and O–H groups in total. The quantitative estimate of drug-likeness (QED) is 0.455. The van der Waals surface area contributed by atoms with Crippen LogP contribution in [0.1, 0.15) is 5.56 Å². The Balaban J connectivity index is 1.58. The Morgan fingerprint density at radius 2 is 2.21 bits per heavy atom. The zero-order valence-electron chi connectivity index (χ0n) is 15.8. The Labute approximate surface area is 168 Å². The minimum absolute atomic E-state index is 0.0890. The van der Waals surface area contributed by atoms with Gasteiger partial charge in [-0.3, -0.25) is 4.79 Å². The minimum Gasteiger partial charge on any atom is -0.464 e. The zero-order chi connectivity index (χ0) is 20.8. The average molecular weight is 402 g/mol. The van der Waals surface area contributed by atoms with Crippen molar-refractivity contribution in [3.05, 3.63) is 48.7 Å². The Hall–Kier alpha value is -2.82. The lowest BCUT2D eigenvalue weighted by Crippen LogP contribution is -2.52. The van der Waals surface area contributed by atoms with E-state index in [0.29, 0.717) is 18.7 Å². The second-order valence-electron chi connectivity index (χ2n) is 6.69. The van der Waals surface area contributed by atoms with Gasteiger partial charge in [-0.1, -0.05) is 24.8 Å². The van der Waals surface area contributed by atoms with Crippen LogP contribution in [0, 0.1) is 0 Å². The van der Waals surface area contributed by atoms with Crippen LogP contribution in [0.25, 0.3) is 11.0 Å². The number of hydrogen-bond donors (Lipinski definition) is 3. The van der Waals surface area contributed by atoms with Gasteiger partial charge in [0.15, 0.2) is 0 Å². The molecule has 10 heteroatoms. The smallest absolute Gasteiger partial charge is 0.464 e. The van der Waals surface area contributed by atoms with Crippen LogP contribution in [0.5, 0.6) is 0 Å². The van der Waals surface area contributed by atoms with Crippen molar-refractivity contribution < 1.29 is 33.5 Å². The lowest BCUT2D eigenvalue weighted by atomic mass is 9.76. The summed E-state index contributed by atoms with van der Waals surface area (Å²) in [6.07, 6.45) is 2.03. The second kappa shape index (κ2) is 9.59. The first-order valence-electron chi connectivity index (χ1n) is 9.25. The Morgan fingerprint density at radius 3 is 2.97 bits per heavy atom. The molecule has 2 aromatic rings. The summed E-state index contributed by atoms with van der Waals surface area (Å²) in [5, 5.41) is 22.6. The van der Waals surface area contributed by atoms with Crippen molar-refractivity contribution in [2.24, 2.45) is 0 Å². The average Bonchev–Trinajstić information content (AvgIpc) is 3.14. The summed E-state index contributed by atoms with van der Waals surface area (Å²) < 4.78 is 16.0. The van der Waals surface area contributed by atoms with Gasteiger partial charge in [-0.15, -0.1) is 0 Å². The fourth-order valence-electron chi connectivity index (χ4n) is 3.22. The predicted molar refractivity (Wildman–Crippen MR) is 105 cm³/mol. The van der Waals surface area contributed by atoms with E-state index in [1.165, 1.54) is 17.2 Å². The molecule has 0 spiro atoms. The molecule has 1 saturated heterocycles. The number of para-hydroxylation sites is 1. The third kappa shape index (κ3) is 5.17. The molecular formula is C19H23BN2O7. The molecule has 9 nitrogen and oxygen atoms in total. The summed E-state index contributed by atoms with van der Waals surface area (Å²) in [5.41, 5.74) is 1.39. The van der Waals surface area contributed by atoms with Crippen LogP contribution in [0.15, 0.2) is 47.6 Å². The Morgan fingerprint density at radius 1 is 1.41 bits per heavy atom. The number of fused-ring (bicyclic) bond motifs is 1. The summed E-state index contributed by atoms with van der Waals surface area (Å²) in [6, 6.07) is 6.89. The number of nitrogens with zero attached hydrogens (tertiary/aromatic N) is 1. The van der Waals surface area contributed by atoms with E-state index >= 15 is 0 Å². The third-order valence-electron chi connectivity index (χ3n) is 4.76. The maximum absolute atomic E-state index is 12.2. The third-order valence-corrected chi connectivity index (χ3v) is 4.76. The van der Waals surface area contributed by atoms with E-state index in [0.717, 1.165) is 10.9 Å². The number of alkyl carbamates (subject to hydrolysis) is 1. The molecule has 1 fully saturated rings. The van der Waals surface area contributed by atoms with E-state index in [2.05, 4.69) is 11.9 Å². The molecule has 2 heterocycles. The number of hydrogen-bond acceptors (Lipinski definition) is 7. The van der Waals surface area contributed by atoms with Gasteiger partial charge in [0.25, 0.3) is 0 Å². The van der Waals surface area contributed by atoms with Crippen molar-refractivity contribution in [1.29, 1.82) is 0 Å². The Kier molecular flexibility index (Phi) is 6.92. The molecule has 2 unspecified atom stereocenters. The maximum atomic E-state index is 12.2. The summed E-state index contributed by atoms with van der Waals surface area (Å²) in [4.78, 5) is 25.6. The molecule has 154 valence electrons. The molecule has 1 aliphatic rings. The van der Waals surface area contributed by atoms with Crippen LogP contribution >= 0.6 is 0 Å². The molecule has 0 bridgehead atoms. The predicted octanol–water partition coefficient (Wildman–Crippen LogP) is 0.495. The number of morpholine rings is 1. The molecule has 0 radical (unpaired) electrons. The molecule has 2 atom stereocenters. The van der Waals surface area contributed by atoms with E-state index < -0.39 is 25.2 Å². The number of ether oxygens (including phenoxy) is 2. The van der Waals surface area contributed by atoms with Crippen LogP contribution in [-0.2, 0) is 20.7 Å². The summed E-state index contributed by atoms with van der Waals surface area (Å²) in [6.45, 7) is 4.40. The fraction of sp³-hybridized carbons (Fsp3) is 0.368. The van der Waals surface area contributed by atoms with Crippen molar-refractivity contribution in [3.63, 3.8) is 0 Å². The minimum atomic E-state index is -1.80. The number of furan rings is 1. The highest BCUT2D eigenvalue weighted by Crippen LogP contribution is 2.22. The second-order valence-corrected chi connectivity index (χ2v) is 6.69. The van der Waals surface area contributed by atoms with Gasteiger partial charge in [-0.2, -0.15) is 0 Å². The van der Waals surface area contributed by atoms with Crippen LogP contribution < -0.4 is 5.32 Å². The van der Waals surface area contributed by atoms with Gasteiger partial charge in [-0.25, -0.2) is 4.79 Å². The lowest BCUT2D eigenvalue weighted by Gasteiger charge is -2.34. The number of nitrogens with one attached hydrogen (secondary N) is 1. The molecule has 2 amide bonds. The molecule has 0 aliphatic carbocycles. The van der Waals surface area contributed by atoms with Crippen molar-refractivity contribution in [2.45, 2.75) is 18.4 Å². The lowest BCUT2D eigenvalue weighted by molar-refractivity contribution is -0.136. The van der Waals surface area contributed by atoms with Gasteiger partial charge in [0.1, 0.15) is 12.2 Å². The molecule has 29 heavy (non-hydrogen) atoms. The summed E-state index contributed by atoms with van der Waals surface area (Å²) >= 11 is 0. The monoisotopic (exact) mass is 402 g/mol. The number of carbonyl (C=O) groups excluding carboxylic acids is 2. The molecule has 1 aromatic heterocycles. The molecule has 0 saturated carbocycles. The largest absolute Gasteiger partial charge is 0.475 e. The molecule has 1 aromatic carbocycles. The van der Waals surface area contributed by atoms with Crippen molar-refractivity contribution in [1.82, 2.24) is 10.2 Å².